The summed E-state index contributed by atoms with van der Waals surface area (Å²) in [6, 6.07) is 11.6. The monoisotopic (exact) mass is 355 g/mol. The Labute approximate surface area is 152 Å². The minimum atomic E-state index is -0.608. The van der Waals surface area contributed by atoms with E-state index >= 15 is 0 Å². The third-order valence-corrected chi connectivity index (χ3v) is 5.29. The molecule has 3 heterocycles. The number of nitrogens with one attached hydrogen (secondary N) is 2. The number of aromatic amines is 1. The Bertz CT molecular complexity index is 793. The predicted molar refractivity (Wildman–Crippen MR) is 101 cm³/mol. The van der Waals surface area contributed by atoms with Crippen molar-refractivity contribution >= 4 is 5.69 Å². The molecule has 2 fully saturated rings. The minimum Gasteiger partial charge on any atom is -0.387 e. The van der Waals surface area contributed by atoms with Crippen LogP contribution in [-0.2, 0) is 0 Å². The van der Waals surface area contributed by atoms with Gasteiger partial charge in [-0.25, -0.2) is 5.10 Å². The van der Waals surface area contributed by atoms with Gasteiger partial charge in [-0.05, 0) is 13.0 Å². The summed E-state index contributed by atoms with van der Waals surface area (Å²) in [7, 11) is 0. The molecule has 0 unspecified atom stereocenters. The van der Waals surface area contributed by atoms with E-state index in [0.717, 1.165) is 56.1 Å². The van der Waals surface area contributed by atoms with E-state index in [2.05, 4.69) is 25.3 Å². The van der Waals surface area contributed by atoms with Crippen LogP contribution in [0.5, 0.6) is 0 Å². The molecule has 0 bridgehead atoms. The van der Waals surface area contributed by atoms with Gasteiger partial charge in [0.15, 0.2) is 0 Å². The number of hydrogen-bond donors (Lipinski definition) is 3. The van der Waals surface area contributed by atoms with E-state index < -0.39 is 5.60 Å². The topological polar surface area (TPSA) is 84.5 Å². The zero-order valence-corrected chi connectivity index (χ0v) is 14.8. The maximum atomic E-state index is 11.9. The highest BCUT2D eigenvalue weighted by atomic mass is 16.3. The summed E-state index contributed by atoms with van der Waals surface area (Å²) in [5.74, 6) is 0. The molecule has 4 rings (SSSR count). The van der Waals surface area contributed by atoms with Crippen molar-refractivity contribution in [1.82, 2.24) is 20.4 Å². The van der Waals surface area contributed by atoms with Crippen LogP contribution in [0.25, 0.3) is 11.3 Å². The Kier molecular flexibility index (Phi) is 4.76. The molecule has 0 radical (unpaired) electrons. The van der Waals surface area contributed by atoms with Gasteiger partial charge in [0.2, 0.25) is 0 Å². The number of anilines is 1. The fourth-order valence-corrected chi connectivity index (χ4v) is 3.87. The molecule has 26 heavy (non-hydrogen) atoms. The minimum absolute atomic E-state index is 0.187. The van der Waals surface area contributed by atoms with Gasteiger partial charge in [-0.3, -0.25) is 9.69 Å². The highest BCUT2D eigenvalue weighted by molar-refractivity contribution is 5.74. The first-order valence-corrected chi connectivity index (χ1v) is 9.19. The molecule has 1 aromatic carbocycles. The van der Waals surface area contributed by atoms with Gasteiger partial charge in [-0.1, -0.05) is 30.3 Å². The van der Waals surface area contributed by atoms with E-state index in [1.165, 1.54) is 0 Å². The van der Waals surface area contributed by atoms with Crippen LogP contribution in [0.3, 0.4) is 0 Å². The van der Waals surface area contributed by atoms with Crippen LogP contribution in [0, 0.1) is 0 Å². The average Bonchev–Trinajstić information content (AvgIpc) is 3.09. The molecule has 2 aromatic rings. The number of H-pyrrole nitrogens is 1. The second-order valence-corrected chi connectivity index (χ2v) is 7.25. The van der Waals surface area contributed by atoms with Crippen LogP contribution in [0.1, 0.15) is 6.42 Å². The van der Waals surface area contributed by atoms with E-state index in [0.29, 0.717) is 13.1 Å². The molecule has 2 aliphatic heterocycles. The molecular weight excluding hydrogens is 330 g/mol. The maximum Gasteiger partial charge on any atom is 0.266 e. The van der Waals surface area contributed by atoms with Gasteiger partial charge in [0, 0.05) is 50.9 Å². The van der Waals surface area contributed by atoms with Crippen LogP contribution in [0.2, 0.25) is 0 Å². The molecule has 0 amide bonds. The fourth-order valence-electron chi connectivity index (χ4n) is 3.87. The zero-order valence-electron chi connectivity index (χ0n) is 14.8. The maximum absolute atomic E-state index is 11.9. The summed E-state index contributed by atoms with van der Waals surface area (Å²) >= 11 is 0. The normalized spacial score (nSPS) is 24.1. The van der Waals surface area contributed by atoms with Gasteiger partial charge in [0.25, 0.3) is 5.56 Å². The number of aromatic nitrogens is 2. The van der Waals surface area contributed by atoms with Crippen LogP contribution in [0.15, 0.2) is 41.2 Å². The van der Waals surface area contributed by atoms with Crippen LogP contribution in [0.4, 0.5) is 5.69 Å². The highest BCUT2D eigenvalue weighted by Gasteiger charge is 2.34. The van der Waals surface area contributed by atoms with E-state index in [9.17, 15) is 9.90 Å². The van der Waals surface area contributed by atoms with E-state index in [4.69, 9.17) is 0 Å². The first kappa shape index (κ1) is 17.2. The van der Waals surface area contributed by atoms with E-state index in [1.54, 1.807) is 6.07 Å². The molecule has 1 aromatic heterocycles. The molecule has 0 aliphatic carbocycles. The Morgan fingerprint density at radius 3 is 2.62 bits per heavy atom. The summed E-state index contributed by atoms with van der Waals surface area (Å²) in [5, 5.41) is 20.7. The van der Waals surface area contributed by atoms with Crippen molar-refractivity contribution in [2.45, 2.75) is 12.0 Å². The van der Waals surface area contributed by atoms with Gasteiger partial charge < -0.3 is 15.3 Å². The molecule has 2 aliphatic rings. The zero-order chi connectivity index (χ0) is 18.0. The molecule has 1 atom stereocenters. The van der Waals surface area contributed by atoms with Crippen LogP contribution >= 0.6 is 0 Å². The first-order valence-electron chi connectivity index (χ1n) is 9.19. The second kappa shape index (κ2) is 7.19. The van der Waals surface area contributed by atoms with Crippen LogP contribution < -0.4 is 15.8 Å². The summed E-state index contributed by atoms with van der Waals surface area (Å²) in [6.45, 7) is 5.61. The van der Waals surface area contributed by atoms with Gasteiger partial charge in [0.1, 0.15) is 5.69 Å². The standard InChI is InChI=1S/C19H25N5O2/c25-17-12-16(18(22-21-17)15-4-2-1-3-5-15)24-10-8-23(9-11-24)14-19(26)6-7-20-13-19/h1-5,12,20,26H,6-11,13-14H2,(H,21,25)/t19-/m0/s1. The van der Waals surface area contributed by atoms with Crippen LogP contribution in [-0.4, -0.2) is 71.6 Å². The van der Waals surface area contributed by atoms with E-state index in [-0.39, 0.29) is 5.56 Å². The quantitative estimate of drug-likeness (QED) is 0.731. The Hall–Kier alpha value is -2.22. The van der Waals surface area contributed by atoms with Crippen molar-refractivity contribution < 1.29 is 5.11 Å². The number of rotatable bonds is 4. The Balaban J connectivity index is 1.49. The molecular formula is C19H25N5O2. The number of piperazine rings is 1. The number of hydrogen-bond acceptors (Lipinski definition) is 6. The highest BCUT2D eigenvalue weighted by Crippen LogP contribution is 2.28. The Morgan fingerprint density at radius 2 is 1.92 bits per heavy atom. The van der Waals surface area contributed by atoms with Gasteiger partial charge >= 0.3 is 0 Å². The lowest BCUT2D eigenvalue weighted by molar-refractivity contribution is 0.0193. The SMILES string of the molecule is O=c1cc(N2CCN(C[C@]3(O)CCNC3)CC2)c(-c2ccccc2)n[nH]1. The third-order valence-electron chi connectivity index (χ3n) is 5.29. The molecule has 2 saturated heterocycles. The molecule has 7 heteroatoms. The first-order chi connectivity index (χ1) is 12.6. The lowest BCUT2D eigenvalue weighted by Gasteiger charge is -2.39. The third kappa shape index (κ3) is 3.65. The van der Waals surface area contributed by atoms with E-state index in [1.807, 2.05) is 30.3 Å². The average molecular weight is 355 g/mol. The van der Waals surface area contributed by atoms with Gasteiger partial charge in [0.05, 0.1) is 11.3 Å². The van der Waals surface area contributed by atoms with Gasteiger partial charge in [-0.2, -0.15) is 5.10 Å². The van der Waals surface area contributed by atoms with Crippen molar-refractivity contribution in [3.63, 3.8) is 0 Å². The summed E-state index contributed by atoms with van der Waals surface area (Å²) in [5.41, 5.74) is 1.88. The summed E-state index contributed by atoms with van der Waals surface area (Å²) < 4.78 is 0. The number of nitrogens with zero attached hydrogens (tertiary/aromatic N) is 3. The smallest absolute Gasteiger partial charge is 0.266 e. The van der Waals surface area contributed by atoms with Crippen molar-refractivity contribution in [2.24, 2.45) is 0 Å². The van der Waals surface area contributed by atoms with Crippen molar-refractivity contribution in [3.05, 3.63) is 46.8 Å². The number of benzene rings is 1. The lowest BCUT2D eigenvalue weighted by Crippen LogP contribution is -2.52. The molecule has 3 N–H and O–H groups in total. The van der Waals surface area contributed by atoms with Crippen molar-refractivity contribution in [1.29, 1.82) is 0 Å². The van der Waals surface area contributed by atoms with Crippen molar-refractivity contribution in [2.75, 3.05) is 50.7 Å². The van der Waals surface area contributed by atoms with Gasteiger partial charge in [-0.15, -0.1) is 0 Å². The molecule has 138 valence electrons. The number of aliphatic hydroxyl groups is 1. The van der Waals surface area contributed by atoms with Crippen molar-refractivity contribution in [3.8, 4) is 11.3 Å². The molecule has 7 nitrogen and oxygen atoms in total. The fraction of sp³-hybridized carbons (Fsp3) is 0.474. The largest absolute Gasteiger partial charge is 0.387 e. The predicted octanol–water partition coefficient (Wildman–Crippen LogP) is 0.283. The summed E-state index contributed by atoms with van der Waals surface area (Å²) in [4.78, 5) is 16.4. The second-order valence-electron chi connectivity index (χ2n) is 7.25. The molecule has 0 spiro atoms. The number of β-amino-alcohol motifs (C(OH)–C–C–N with tert-alkyl or cyclic N) is 1. The molecule has 0 saturated carbocycles. The summed E-state index contributed by atoms with van der Waals surface area (Å²) in [6.07, 6.45) is 0.809. The Morgan fingerprint density at radius 1 is 1.15 bits per heavy atom. The lowest BCUT2D eigenvalue weighted by atomic mass is 10.0.